The van der Waals surface area contributed by atoms with Crippen molar-refractivity contribution in [1.82, 2.24) is 0 Å². The number of hydrogen-bond donors (Lipinski definition) is 1. The molecule has 0 aliphatic heterocycles. The lowest BCUT2D eigenvalue weighted by molar-refractivity contribution is 0.0655. The molecule has 1 fully saturated rings. The molecule has 0 bridgehead atoms. The second-order valence-corrected chi connectivity index (χ2v) is 5.08. The first-order valence-electron chi connectivity index (χ1n) is 6.50. The molecule has 1 aliphatic carbocycles. The highest BCUT2D eigenvalue weighted by molar-refractivity contribution is 5.25. The molecule has 1 saturated carbocycles. The van der Waals surface area contributed by atoms with Gasteiger partial charge in [0.05, 0.1) is 6.10 Å². The Morgan fingerprint density at radius 1 is 1.19 bits per heavy atom. The van der Waals surface area contributed by atoms with Crippen LogP contribution in [0, 0.1) is 12.8 Å². The first kappa shape index (κ1) is 11.7. The molecular formula is C15H22O. The molecule has 0 aromatic heterocycles. The van der Waals surface area contributed by atoms with Gasteiger partial charge in [-0.3, -0.25) is 0 Å². The van der Waals surface area contributed by atoms with Gasteiger partial charge >= 0.3 is 0 Å². The number of aliphatic hydroxyl groups is 1. The summed E-state index contributed by atoms with van der Waals surface area (Å²) >= 11 is 0. The molecule has 1 N–H and O–H groups in total. The quantitative estimate of drug-likeness (QED) is 0.823. The summed E-state index contributed by atoms with van der Waals surface area (Å²) < 4.78 is 0. The van der Waals surface area contributed by atoms with Crippen LogP contribution in [-0.4, -0.2) is 11.2 Å². The maximum atomic E-state index is 9.92. The highest BCUT2D eigenvalue weighted by Crippen LogP contribution is 2.28. The fourth-order valence-corrected chi connectivity index (χ4v) is 2.76. The largest absolute Gasteiger partial charge is 0.393 e. The van der Waals surface area contributed by atoms with Crippen molar-refractivity contribution in [1.29, 1.82) is 0 Å². The number of aliphatic hydroxyl groups excluding tert-OH is 1. The second kappa shape index (κ2) is 5.49. The van der Waals surface area contributed by atoms with Gasteiger partial charge in [0.25, 0.3) is 0 Å². The van der Waals surface area contributed by atoms with Gasteiger partial charge in [-0.05, 0) is 49.7 Å². The minimum Gasteiger partial charge on any atom is -0.393 e. The Morgan fingerprint density at radius 2 is 1.94 bits per heavy atom. The van der Waals surface area contributed by atoms with Crippen LogP contribution in [0.15, 0.2) is 24.3 Å². The Morgan fingerprint density at radius 3 is 2.69 bits per heavy atom. The van der Waals surface area contributed by atoms with Crippen LogP contribution in [0.3, 0.4) is 0 Å². The lowest BCUT2D eigenvalue weighted by Gasteiger charge is -2.27. The molecule has 0 amide bonds. The summed E-state index contributed by atoms with van der Waals surface area (Å²) in [5, 5.41) is 9.92. The minimum absolute atomic E-state index is 0.0437. The van der Waals surface area contributed by atoms with Crippen LogP contribution in [0.25, 0.3) is 0 Å². The average molecular weight is 218 g/mol. The zero-order valence-corrected chi connectivity index (χ0v) is 10.2. The average Bonchev–Trinajstić information content (AvgIpc) is 2.30. The van der Waals surface area contributed by atoms with E-state index in [4.69, 9.17) is 0 Å². The first-order chi connectivity index (χ1) is 7.77. The Labute approximate surface area is 98.5 Å². The van der Waals surface area contributed by atoms with E-state index in [1.807, 2.05) is 0 Å². The van der Waals surface area contributed by atoms with E-state index in [0.717, 1.165) is 19.3 Å². The summed E-state index contributed by atoms with van der Waals surface area (Å²) in [4.78, 5) is 0. The van der Waals surface area contributed by atoms with Crippen molar-refractivity contribution in [3.63, 3.8) is 0 Å². The molecule has 1 aromatic carbocycles. The zero-order chi connectivity index (χ0) is 11.4. The molecule has 1 heteroatoms. The van der Waals surface area contributed by atoms with Gasteiger partial charge in [0, 0.05) is 0 Å². The summed E-state index contributed by atoms with van der Waals surface area (Å²) in [6, 6.07) is 8.59. The molecule has 1 aliphatic rings. The van der Waals surface area contributed by atoms with Crippen molar-refractivity contribution >= 4 is 0 Å². The van der Waals surface area contributed by atoms with Gasteiger partial charge in [0.1, 0.15) is 0 Å². The Kier molecular flexibility index (Phi) is 4.00. The highest BCUT2D eigenvalue weighted by Gasteiger charge is 2.22. The predicted octanol–water partition coefficient (Wildman–Crippen LogP) is 3.48. The van der Waals surface area contributed by atoms with Crippen LogP contribution < -0.4 is 0 Å². The van der Waals surface area contributed by atoms with Crippen LogP contribution in [0.1, 0.15) is 43.2 Å². The van der Waals surface area contributed by atoms with E-state index < -0.39 is 0 Å². The monoisotopic (exact) mass is 218 g/mol. The van der Waals surface area contributed by atoms with Crippen molar-refractivity contribution < 1.29 is 5.11 Å². The Balaban J connectivity index is 1.89. The van der Waals surface area contributed by atoms with E-state index in [-0.39, 0.29) is 6.10 Å². The fraction of sp³-hybridized carbons (Fsp3) is 0.600. The number of aryl methyl sites for hydroxylation is 2. The van der Waals surface area contributed by atoms with Gasteiger partial charge in [0.2, 0.25) is 0 Å². The minimum atomic E-state index is -0.0437. The van der Waals surface area contributed by atoms with Crippen molar-refractivity contribution in [2.75, 3.05) is 0 Å². The second-order valence-electron chi connectivity index (χ2n) is 5.08. The van der Waals surface area contributed by atoms with Crippen LogP contribution >= 0.6 is 0 Å². The van der Waals surface area contributed by atoms with Crippen molar-refractivity contribution in [3.8, 4) is 0 Å². The third-order valence-corrected chi connectivity index (χ3v) is 3.91. The summed E-state index contributed by atoms with van der Waals surface area (Å²) in [6.07, 6.45) is 6.96. The molecule has 88 valence electrons. The summed E-state index contributed by atoms with van der Waals surface area (Å²) in [5.74, 6) is 0.536. The van der Waals surface area contributed by atoms with Crippen LogP contribution in [0.4, 0.5) is 0 Å². The SMILES string of the molecule is Cc1ccccc1CCC1CCCCC1O. The molecular weight excluding hydrogens is 196 g/mol. The molecule has 2 atom stereocenters. The first-order valence-corrected chi connectivity index (χ1v) is 6.50. The van der Waals surface area contributed by atoms with Crippen LogP contribution in [0.5, 0.6) is 0 Å². The topological polar surface area (TPSA) is 20.2 Å². The van der Waals surface area contributed by atoms with E-state index in [0.29, 0.717) is 5.92 Å². The van der Waals surface area contributed by atoms with Gasteiger partial charge < -0.3 is 5.11 Å². The van der Waals surface area contributed by atoms with Gasteiger partial charge in [-0.1, -0.05) is 37.1 Å². The normalized spacial score (nSPS) is 25.6. The van der Waals surface area contributed by atoms with E-state index in [1.54, 1.807) is 0 Å². The standard InChI is InChI=1S/C15H22O/c1-12-6-2-3-7-13(12)10-11-14-8-4-5-9-15(14)16/h2-3,6-7,14-16H,4-5,8-11H2,1H3. The number of benzene rings is 1. The van der Waals surface area contributed by atoms with Crippen molar-refractivity contribution in [2.24, 2.45) is 5.92 Å². The Bertz CT molecular complexity index is 332. The van der Waals surface area contributed by atoms with Crippen LogP contribution in [-0.2, 0) is 6.42 Å². The molecule has 0 heterocycles. The maximum Gasteiger partial charge on any atom is 0.0568 e. The van der Waals surface area contributed by atoms with Gasteiger partial charge in [-0.2, -0.15) is 0 Å². The van der Waals surface area contributed by atoms with Crippen molar-refractivity contribution in [2.45, 2.75) is 51.6 Å². The third kappa shape index (κ3) is 2.85. The van der Waals surface area contributed by atoms with E-state index in [1.165, 1.54) is 30.4 Å². The van der Waals surface area contributed by atoms with Gasteiger partial charge in [-0.15, -0.1) is 0 Å². The zero-order valence-electron chi connectivity index (χ0n) is 10.2. The molecule has 0 radical (unpaired) electrons. The fourth-order valence-electron chi connectivity index (χ4n) is 2.76. The molecule has 1 nitrogen and oxygen atoms in total. The highest BCUT2D eigenvalue weighted by atomic mass is 16.3. The number of rotatable bonds is 3. The van der Waals surface area contributed by atoms with Gasteiger partial charge in [0.15, 0.2) is 0 Å². The smallest absolute Gasteiger partial charge is 0.0568 e. The lowest BCUT2D eigenvalue weighted by atomic mass is 9.82. The maximum absolute atomic E-state index is 9.92. The predicted molar refractivity (Wildman–Crippen MR) is 67.5 cm³/mol. The number of hydrogen-bond acceptors (Lipinski definition) is 1. The molecule has 16 heavy (non-hydrogen) atoms. The molecule has 2 rings (SSSR count). The third-order valence-electron chi connectivity index (χ3n) is 3.91. The summed E-state index contributed by atoms with van der Waals surface area (Å²) in [5.41, 5.74) is 2.83. The molecule has 0 spiro atoms. The lowest BCUT2D eigenvalue weighted by Crippen LogP contribution is -2.24. The van der Waals surface area contributed by atoms with E-state index >= 15 is 0 Å². The molecule has 2 unspecified atom stereocenters. The van der Waals surface area contributed by atoms with E-state index in [9.17, 15) is 5.11 Å². The molecule has 1 aromatic rings. The summed E-state index contributed by atoms with van der Waals surface area (Å²) in [7, 11) is 0. The van der Waals surface area contributed by atoms with Crippen LogP contribution in [0.2, 0.25) is 0 Å². The molecule has 0 saturated heterocycles. The van der Waals surface area contributed by atoms with E-state index in [2.05, 4.69) is 31.2 Å². The van der Waals surface area contributed by atoms with Gasteiger partial charge in [-0.25, -0.2) is 0 Å². The van der Waals surface area contributed by atoms with Crippen molar-refractivity contribution in [3.05, 3.63) is 35.4 Å². The Hall–Kier alpha value is -0.820. The summed E-state index contributed by atoms with van der Waals surface area (Å²) in [6.45, 7) is 2.17.